The fourth-order valence-corrected chi connectivity index (χ4v) is 3.95. The van der Waals surface area contributed by atoms with Gasteiger partial charge in [-0.05, 0) is 56.3 Å². The molecule has 1 amide bonds. The maximum absolute atomic E-state index is 12.5. The summed E-state index contributed by atoms with van der Waals surface area (Å²) in [7, 11) is 2.13. The zero-order chi connectivity index (χ0) is 22.5. The van der Waals surface area contributed by atoms with E-state index < -0.39 is 0 Å². The van der Waals surface area contributed by atoms with Crippen molar-refractivity contribution in [2.45, 2.75) is 19.8 Å². The predicted molar refractivity (Wildman–Crippen MR) is 132 cm³/mol. The van der Waals surface area contributed by atoms with Crippen LogP contribution in [0.5, 0.6) is 5.75 Å². The maximum Gasteiger partial charge on any atom is 0.226 e. The topological polar surface area (TPSA) is 70.6 Å². The van der Waals surface area contributed by atoms with Crippen LogP contribution in [-0.2, 0) is 11.2 Å². The summed E-state index contributed by atoms with van der Waals surface area (Å²) >= 11 is 4.05. The Morgan fingerprint density at radius 1 is 1.09 bits per heavy atom. The highest BCUT2D eigenvalue weighted by Gasteiger charge is 2.18. The molecule has 7 nitrogen and oxygen atoms in total. The van der Waals surface area contributed by atoms with Crippen molar-refractivity contribution < 1.29 is 9.53 Å². The lowest BCUT2D eigenvalue weighted by molar-refractivity contribution is -0.116. The van der Waals surface area contributed by atoms with Gasteiger partial charge in [0.2, 0.25) is 11.9 Å². The molecule has 32 heavy (non-hydrogen) atoms. The van der Waals surface area contributed by atoms with Crippen molar-refractivity contribution in [1.82, 2.24) is 14.9 Å². The number of carbonyl (C=O) groups is 1. The molecular formula is C24H29N5O2S. The van der Waals surface area contributed by atoms with Crippen molar-refractivity contribution in [3.63, 3.8) is 0 Å². The Morgan fingerprint density at radius 3 is 2.56 bits per heavy atom. The van der Waals surface area contributed by atoms with Crippen LogP contribution >= 0.6 is 12.6 Å². The normalized spacial score (nSPS) is 14.5. The number of benzene rings is 2. The van der Waals surface area contributed by atoms with Gasteiger partial charge in [-0.1, -0.05) is 12.1 Å². The van der Waals surface area contributed by atoms with Crippen molar-refractivity contribution in [2.24, 2.45) is 0 Å². The summed E-state index contributed by atoms with van der Waals surface area (Å²) in [5, 5.41) is 3.96. The first-order valence-corrected chi connectivity index (χ1v) is 11.5. The summed E-state index contributed by atoms with van der Waals surface area (Å²) in [6, 6.07) is 13.6. The summed E-state index contributed by atoms with van der Waals surface area (Å²) in [5.74, 6) is 1.88. The molecule has 1 aliphatic rings. The molecule has 1 saturated heterocycles. The van der Waals surface area contributed by atoms with Gasteiger partial charge in [-0.25, -0.2) is 9.97 Å². The first-order valence-electron chi connectivity index (χ1n) is 10.9. The minimum atomic E-state index is -0.0207. The van der Waals surface area contributed by atoms with Crippen LogP contribution in [0.15, 0.2) is 42.5 Å². The molecule has 0 aliphatic carbocycles. The molecule has 0 spiro atoms. The number of thiol groups is 1. The highest BCUT2D eigenvalue weighted by molar-refractivity contribution is 7.80. The van der Waals surface area contributed by atoms with Crippen LogP contribution in [0.3, 0.4) is 0 Å². The number of rotatable bonds is 7. The van der Waals surface area contributed by atoms with Crippen LogP contribution in [0, 0.1) is 6.92 Å². The summed E-state index contributed by atoms with van der Waals surface area (Å²) in [5.41, 5.74) is 3.67. The lowest BCUT2D eigenvalue weighted by Gasteiger charge is -2.32. The van der Waals surface area contributed by atoms with E-state index in [-0.39, 0.29) is 5.91 Å². The largest absolute Gasteiger partial charge is 0.483 e. The molecule has 2 heterocycles. The minimum Gasteiger partial charge on any atom is -0.483 e. The second-order valence-electron chi connectivity index (χ2n) is 8.10. The molecule has 0 atom stereocenters. The fourth-order valence-electron chi connectivity index (χ4n) is 3.80. The van der Waals surface area contributed by atoms with Gasteiger partial charge in [0.25, 0.3) is 0 Å². The van der Waals surface area contributed by atoms with E-state index in [9.17, 15) is 4.79 Å². The number of aromatic nitrogens is 2. The third-order valence-corrected chi connectivity index (χ3v) is 5.87. The van der Waals surface area contributed by atoms with E-state index in [1.807, 2.05) is 49.4 Å². The monoisotopic (exact) mass is 451 g/mol. The molecule has 0 saturated carbocycles. The van der Waals surface area contributed by atoms with Gasteiger partial charge in [0, 0.05) is 43.7 Å². The van der Waals surface area contributed by atoms with Crippen LogP contribution in [0.2, 0.25) is 0 Å². The Labute approximate surface area is 194 Å². The quantitative estimate of drug-likeness (QED) is 0.423. The summed E-state index contributed by atoms with van der Waals surface area (Å²) in [6.07, 6.45) is 1.07. The van der Waals surface area contributed by atoms with Gasteiger partial charge in [-0.3, -0.25) is 4.79 Å². The summed E-state index contributed by atoms with van der Waals surface area (Å²) in [6.45, 7) is 5.88. The number of piperazine rings is 1. The van der Waals surface area contributed by atoms with Crippen molar-refractivity contribution in [2.75, 3.05) is 49.4 Å². The Balaban J connectivity index is 1.39. The summed E-state index contributed by atoms with van der Waals surface area (Å²) in [4.78, 5) is 26.5. The molecule has 8 heteroatoms. The van der Waals surface area contributed by atoms with Crippen LogP contribution in [-0.4, -0.2) is 59.9 Å². The zero-order valence-corrected chi connectivity index (χ0v) is 19.4. The van der Waals surface area contributed by atoms with E-state index in [1.54, 1.807) is 0 Å². The third-order valence-electron chi connectivity index (χ3n) is 5.74. The molecule has 1 N–H and O–H groups in total. The zero-order valence-electron chi connectivity index (χ0n) is 18.5. The number of carbonyl (C=O) groups excluding carboxylic acids is 1. The molecule has 2 aromatic carbocycles. The van der Waals surface area contributed by atoms with Crippen LogP contribution < -0.4 is 15.0 Å². The standard InChI is InChI=1S/C24H29N5O2S/c1-17-21-15-19(26-23(30)10-5-18-3-7-20(8-4-18)31-16-32)6-9-22(21)27-24(25-17)29-13-11-28(2)12-14-29/h3-4,6-9,15,32H,5,10-14,16H2,1-2H3,(H,26,30). The number of amides is 1. The Hall–Kier alpha value is -2.84. The minimum absolute atomic E-state index is 0.0207. The van der Waals surface area contributed by atoms with Gasteiger partial charge in [0.15, 0.2) is 0 Å². The second kappa shape index (κ2) is 10.2. The molecular weight excluding hydrogens is 422 g/mol. The average Bonchev–Trinajstić information content (AvgIpc) is 2.79. The number of fused-ring (bicyclic) bond motifs is 1. The number of nitrogens with one attached hydrogen (secondary N) is 1. The lowest BCUT2D eigenvalue weighted by atomic mass is 10.1. The average molecular weight is 452 g/mol. The number of likely N-dealkylation sites (N-methyl/N-ethyl adjacent to an activating group) is 1. The highest BCUT2D eigenvalue weighted by Crippen LogP contribution is 2.23. The van der Waals surface area contributed by atoms with E-state index >= 15 is 0 Å². The molecule has 3 aromatic rings. The summed E-state index contributed by atoms with van der Waals surface area (Å²) < 4.78 is 5.33. The van der Waals surface area contributed by atoms with E-state index in [0.717, 1.165) is 65.7 Å². The number of nitrogens with zero attached hydrogens (tertiary/aromatic N) is 4. The first kappa shape index (κ1) is 22.4. The van der Waals surface area contributed by atoms with E-state index in [4.69, 9.17) is 14.7 Å². The van der Waals surface area contributed by atoms with E-state index in [1.165, 1.54) is 0 Å². The van der Waals surface area contributed by atoms with Gasteiger partial charge in [-0.2, -0.15) is 0 Å². The van der Waals surface area contributed by atoms with Crippen molar-refractivity contribution >= 4 is 41.1 Å². The Morgan fingerprint density at radius 2 is 1.84 bits per heavy atom. The van der Waals surface area contributed by atoms with Crippen molar-refractivity contribution in [3.05, 3.63) is 53.7 Å². The van der Waals surface area contributed by atoms with Crippen LogP contribution in [0.1, 0.15) is 17.7 Å². The number of hydrogen-bond acceptors (Lipinski definition) is 7. The second-order valence-corrected chi connectivity index (χ2v) is 8.36. The first-order chi connectivity index (χ1) is 15.5. The number of ether oxygens (including phenoxy) is 1. The molecule has 0 radical (unpaired) electrons. The smallest absolute Gasteiger partial charge is 0.226 e. The Bertz CT molecular complexity index is 1080. The fraction of sp³-hybridized carbons (Fsp3) is 0.375. The maximum atomic E-state index is 12.5. The lowest BCUT2D eigenvalue weighted by Crippen LogP contribution is -2.45. The van der Waals surface area contributed by atoms with Crippen molar-refractivity contribution in [1.29, 1.82) is 0 Å². The third kappa shape index (κ3) is 5.49. The van der Waals surface area contributed by atoms with Crippen LogP contribution in [0.4, 0.5) is 11.6 Å². The SMILES string of the molecule is Cc1nc(N2CCN(C)CC2)nc2ccc(NC(=O)CCc3ccc(OCS)cc3)cc12. The number of aryl methyl sites for hydroxylation is 2. The van der Waals surface area contributed by atoms with Gasteiger partial charge in [-0.15, -0.1) is 12.6 Å². The molecule has 168 valence electrons. The van der Waals surface area contributed by atoms with Crippen LogP contribution in [0.25, 0.3) is 10.9 Å². The molecule has 4 rings (SSSR count). The van der Waals surface area contributed by atoms with Gasteiger partial charge >= 0.3 is 0 Å². The van der Waals surface area contributed by atoms with Crippen molar-refractivity contribution in [3.8, 4) is 5.75 Å². The van der Waals surface area contributed by atoms with Gasteiger partial charge in [0.05, 0.1) is 11.2 Å². The van der Waals surface area contributed by atoms with Gasteiger partial charge < -0.3 is 19.9 Å². The molecule has 1 aromatic heterocycles. The number of anilines is 2. The molecule has 0 bridgehead atoms. The predicted octanol–water partition coefficient (Wildman–Crippen LogP) is 3.53. The number of hydrogen-bond donors (Lipinski definition) is 2. The highest BCUT2D eigenvalue weighted by atomic mass is 32.1. The Kier molecular flexibility index (Phi) is 7.12. The van der Waals surface area contributed by atoms with E-state index in [2.05, 4.69) is 34.8 Å². The molecule has 1 fully saturated rings. The van der Waals surface area contributed by atoms with E-state index in [0.29, 0.717) is 18.8 Å². The van der Waals surface area contributed by atoms with Gasteiger partial charge in [0.1, 0.15) is 11.7 Å². The molecule has 0 unspecified atom stereocenters. The molecule has 1 aliphatic heterocycles.